The number of aliphatic hydroxyl groups excluding tert-OH is 2. The van der Waals surface area contributed by atoms with Crippen molar-refractivity contribution in [2.75, 3.05) is 0 Å². The van der Waals surface area contributed by atoms with Gasteiger partial charge in [-0.25, -0.2) is 4.79 Å². The molecule has 184 valence electrons. The van der Waals surface area contributed by atoms with Gasteiger partial charge in [-0.2, -0.15) is 0 Å². The van der Waals surface area contributed by atoms with Gasteiger partial charge in [0.15, 0.2) is 5.34 Å². The number of nitrogens with one attached hydrogen (secondary N) is 1. The largest absolute Gasteiger partial charge is 0.388 e. The normalized spacial score (nSPS) is 28.8. The smallest absolute Gasteiger partial charge is 0.359 e. The van der Waals surface area contributed by atoms with Gasteiger partial charge in [-0.15, -0.1) is 0 Å². The van der Waals surface area contributed by atoms with Gasteiger partial charge in [0.1, 0.15) is 18.3 Å². The first-order valence-corrected chi connectivity index (χ1v) is 12.3. The van der Waals surface area contributed by atoms with Crippen LogP contribution in [0.15, 0.2) is 15.8 Å². The summed E-state index contributed by atoms with van der Waals surface area (Å²) >= 11 is 0. The van der Waals surface area contributed by atoms with Crippen LogP contribution in [0, 0.1) is 5.92 Å². The Morgan fingerprint density at radius 2 is 1.78 bits per heavy atom. The maximum atomic E-state index is 13.0. The number of ether oxygens (including phenoxy) is 1. The van der Waals surface area contributed by atoms with Gasteiger partial charge in [0.25, 0.3) is 5.56 Å². The summed E-state index contributed by atoms with van der Waals surface area (Å²) in [4.78, 5) is 36.6. The molecule has 0 saturated carbocycles. The lowest BCUT2D eigenvalue weighted by molar-refractivity contribution is -0.0962. The molecule has 2 rings (SSSR count). The zero-order valence-electron chi connectivity index (χ0n) is 19.3. The van der Waals surface area contributed by atoms with Crippen molar-refractivity contribution in [3.63, 3.8) is 0 Å². The SMILES string of the molecule is CCC(C)(OP(=O)(O)C(O)(CC)CC)C(C)[C@H]1O[C@@H](c2cn(C)c(=O)[nH]c2=O)[C@H](O)[C@@H]1O. The number of aliphatic hydroxyl groups is 3. The van der Waals surface area contributed by atoms with Gasteiger partial charge >= 0.3 is 13.3 Å². The molecule has 1 fully saturated rings. The third kappa shape index (κ3) is 4.65. The van der Waals surface area contributed by atoms with Crippen LogP contribution in [0.5, 0.6) is 0 Å². The Hall–Kier alpha value is -1.33. The molecule has 0 spiro atoms. The van der Waals surface area contributed by atoms with Crippen molar-refractivity contribution in [1.29, 1.82) is 0 Å². The monoisotopic (exact) mass is 478 g/mol. The maximum Gasteiger partial charge on any atom is 0.359 e. The Labute approximate surface area is 186 Å². The predicted molar refractivity (Wildman–Crippen MR) is 116 cm³/mol. The summed E-state index contributed by atoms with van der Waals surface area (Å²) in [6.07, 6.45) is -3.73. The van der Waals surface area contributed by atoms with Crippen molar-refractivity contribution in [3.05, 3.63) is 32.6 Å². The molecule has 0 bridgehead atoms. The molecule has 11 nitrogen and oxygen atoms in total. The zero-order valence-corrected chi connectivity index (χ0v) is 20.2. The number of nitrogens with zero attached hydrogens (tertiary/aromatic N) is 1. The lowest BCUT2D eigenvalue weighted by atomic mass is 9.82. The average Bonchev–Trinajstić information content (AvgIpc) is 3.03. The lowest BCUT2D eigenvalue weighted by Crippen LogP contribution is -2.47. The zero-order chi connectivity index (χ0) is 24.6. The standard InChI is InChI=1S/C20H35N2O9P/c1-7-19(5,31-32(28,29)20(27,8-2)9-3)11(4)15-13(23)14(24)16(30-15)12-10-22(6)18(26)21-17(12)25/h10-11,13-16,23-24,27H,7-9H2,1-6H3,(H,28,29)(H,21,25,26)/t11?,13-,14+,15+,16-,19?/m0/s1. The number of hydrogen-bond acceptors (Lipinski definition) is 8. The van der Waals surface area contributed by atoms with E-state index in [1.807, 2.05) is 0 Å². The highest BCUT2D eigenvalue weighted by Crippen LogP contribution is 2.61. The number of hydrogen-bond donors (Lipinski definition) is 5. The second-order valence-electron chi connectivity index (χ2n) is 8.71. The van der Waals surface area contributed by atoms with Gasteiger partial charge in [-0.05, 0) is 26.2 Å². The molecule has 2 heterocycles. The molecule has 1 aliphatic heterocycles. The molecule has 7 atom stereocenters. The van der Waals surface area contributed by atoms with Crippen molar-refractivity contribution >= 4 is 7.60 Å². The van der Waals surface area contributed by atoms with Crippen molar-refractivity contribution in [2.24, 2.45) is 13.0 Å². The molecule has 32 heavy (non-hydrogen) atoms. The Bertz CT molecular complexity index is 973. The molecule has 5 N–H and O–H groups in total. The van der Waals surface area contributed by atoms with Crippen LogP contribution in [0.3, 0.4) is 0 Å². The second-order valence-corrected chi connectivity index (χ2v) is 10.8. The molecular formula is C20H35N2O9P. The minimum absolute atomic E-state index is 0.00426. The molecule has 1 saturated heterocycles. The molecule has 1 aliphatic rings. The number of rotatable bonds is 9. The van der Waals surface area contributed by atoms with E-state index in [9.17, 15) is 34.4 Å². The van der Waals surface area contributed by atoms with Crippen molar-refractivity contribution < 1.29 is 34.0 Å². The molecular weight excluding hydrogens is 443 g/mol. The molecule has 0 amide bonds. The second kappa shape index (κ2) is 9.50. The van der Waals surface area contributed by atoms with E-state index in [4.69, 9.17) is 9.26 Å². The van der Waals surface area contributed by atoms with Gasteiger partial charge in [-0.3, -0.25) is 18.9 Å². The van der Waals surface area contributed by atoms with E-state index in [1.54, 1.807) is 34.6 Å². The molecule has 0 aliphatic carbocycles. The van der Waals surface area contributed by atoms with Crippen molar-refractivity contribution in [1.82, 2.24) is 9.55 Å². The van der Waals surface area contributed by atoms with Crippen LogP contribution < -0.4 is 11.2 Å². The molecule has 3 unspecified atom stereocenters. The fourth-order valence-electron chi connectivity index (χ4n) is 4.00. The fourth-order valence-corrected chi connectivity index (χ4v) is 5.82. The van der Waals surface area contributed by atoms with E-state index in [-0.39, 0.29) is 24.8 Å². The van der Waals surface area contributed by atoms with Crippen LogP contribution in [0.25, 0.3) is 0 Å². The highest BCUT2D eigenvalue weighted by molar-refractivity contribution is 7.54. The Morgan fingerprint density at radius 3 is 2.28 bits per heavy atom. The molecule has 0 aromatic carbocycles. The summed E-state index contributed by atoms with van der Waals surface area (Å²) in [7, 11) is -3.09. The minimum Gasteiger partial charge on any atom is -0.388 e. The highest BCUT2D eigenvalue weighted by Gasteiger charge is 2.55. The summed E-state index contributed by atoms with van der Waals surface area (Å²) in [5.41, 5.74) is -2.74. The number of aromatic amines is 1. The van der Waals surface area contributed by atoms with E-state index in [0.717, 1.165) is 4.57 Å². The van der Waals surface area contributed by atoms with Crippen molar-refractivity contribution in [2.45, 2.75) is 89.2 Å². The van der Waals surface area contributed by atoms with Gasteiger partial charge in [-0.1, -0.05) is 27.7 Å². The number of aromatic nitrogens is 2. The predicted octanol–water partition coefficient (Wildman–Crippen LogP) is 0.751. The molecule has 12 heteroatoms. The van der Waals surface area contributed by atoms with E-state index in [1.165, 1.54) is 13.2 Å². The van der Waals surface area contributed by atoms with Crippen LogP contribution in [0.4, 0.5) is 0 Å². The average molecular weight is 478 g/mol. The quantitative estimate of drug-likeness (QED) is 0.321. The third-order valence-corrected chi connectivity index (χ3v) is 9.24. The van der Waals surface area contributed by atoms with Gasteiger partial charge in [0.05, 0.1) is 17.3 Å². The summed E-state index contributed by atoms with van der Waals surface area (Å²) in [6.45, 7) is 8.09. The van der Waals surface area contributed by atoms with Gasteiger partial charge in [0.2, 0.25) is 0 Å². The Morgan fingerprint density at radius 1 is 1.22 bits per heavy atom. The Kier molecular flexibility index (Phi) is 7.99. The molecule has 0 radical (unpaired) electrons. The van der Waals surface area contributed by atoms with E-state index in [2.05, 4.69) is 4.98 Å². The van der Waals surface area contributed by atoms with E-state index in [0.29, 0.717) is 0 Å². The fraction of sp³-hybridized carbons (Fsp3) is 0.800. The Balaban J connectivity index is 2.37. The first-order valence-electron chi connectivity index (χ1n) is 10.8. The summed E-state index contributed by atoms with van der Waals surface area (Å²) in [5.74, 6) is -0.729. The highest BCUT2D eigenvalue weighted by atomic mass is 31.2. The first-order chi connectivity index (χ1) is 14.7. The van der Waals surface area contributed by atoms with E-state index >= 15 is 0 Å². The minimum atomic E-state index is -4.51. The number of aryl methyl sites for hydroxylation is 1. The summed E-state index contributed by atoms with van der Waals surface area (Å²) in [5, 5.41) is 30.0. The third-order valence-electron chi connectivity index (χ3n) is 6.89. The maximum absolute atomic E-state index is 13.0. The van der Waals surface area contributed by atoms with Crippen LogP contribution in [0.2, 0.25) is 0 Å². The van der Waals surface area contributed by atoms with Crippen LogP contribution >= 0.6 is 7.60 Å². The van der Waals surface area contributed by atoms with Gasteiger partial charge in [0, 0.05) is 19.2 Å². The van der Waals surface area contributed by atoms with Crippen LogP contribution in [0.1, 0.15) is 65.5 Å². The van der Waals surface area contributed by atoms with Crippen LogP contribution in [-0.4, -0.2) is 59.0 Å². The number of H-pyrrole nitrogens is 1. The summed E-state index contributed by atoms with van der Waals surface area (Å²) < 4.78 is 25.6. The molecule has 1 aromatic heterocycles. The lowest BCUT2D eigenvalue weighted by Gasteiger charge is -2.42. The van der Waals surface area contributed by atoms with Crippen LogP contribution in [-0.2, 0) is 20.9 Å². The summed E-state index contributed by atoms with van der Waals surface area (Å²) in [6, 6.07) is 0. The topological polar surface area (TPSA) is 171 Å². The first kappa shape index (κ1) is 26.9. The van der Waals surface area contributed by atoms with E-state index < -0.39 is 60.1 Å². The van der Waals surface area contributed by atoms with Gasteiger partial charge < -0.3 is 29.5 Å². The van der Waals surface area contributed by atoms with Crippen molar-refractivity contribution in [3.8, 4) is 0 Å². The molecule has 1 aromatic rings.